The maximum atomic E-state index is 3.90. The molecule has 0 saturated heterocycles. The molecule has 1 saturated carbocycles. The Morgan fingerprint density at radius 2 is 1.74 bits per heavy atom. The minimum atomic E-state index is 0.456. The summed E-state index contributed by atoms with van der Waals surface area (Å²) in [6.07, 6.45) is 4.12. The summed E-state index contributed by atoms with van der Waals surface area (Å²) in [5.74, 6) is 2.49. The second kappa shape index (κ2) is 6.56. The molecule has 1 aromatic rings. The molecule has 0 radical (unpaired) electrons. The lowest BCUT2D eigenvalue weighted by Gasteiger charge is -2.39. The summed E-state index contributed by atoms with van der Waals surface area (Å²) in [4.78, 5) is 0. The molecule has 0 aliphatic heterocycles. The summed E-state index contributed by atoms with van der Waals surface area (Å²) in [5.41, 5.74) is 1.41. The van der Waals surface area contributed by atoms with E-state index in [9.17, 15) is 0 Å². The predicted molar refractivity (Wildman–Crippen MR) is 83.1 cm³/mol. The number of hydrogen-bond acceptors (Lipinski definition) is 1. The van der Waals surface area contributed by atoms with Crippen molar-refractivity contribution < 1.29 is 0 Å². The standard InChI is InChI=1S/C18H29N/c1-13(2)17-11-10-14(3)12-18(17)19-15(4)16-8-6-5-7-9-16/h5-9,13-15,17-19H,10-12H2,1-4H3/t14?,15-,17?,18?/m0/s1. The number of nitrogens with one attached hydrogen (secondary N) is 1. The third kappa shape index (κ3) is 3.82. The Morgan fingerprint density at radius 1 is 1.05 bits per heavy atom. The number of benzene rings is 1. The third-order valence-electron chi connectivity index (χ3n) is 4.79. The Balaban J connectivity index is 2.02. The molecular weight excluding hydrogens is 230 g/mol. The first-order chi connectivity index (χ1) is 9.08. The first-order valence-corrected chi connectivity index (χ1v) is 7.89. The number of rotatable bonds is 4. The van der Waals surface area contributed by atoms with Crippen molar-refractivity contribution in [2.45, 2.75) is 59.0 Å². The molecule has 1 nitrogen and oxygen atoms in total. The summed E-state index contributed by atoms with van der Waals surface area (Å²) >= 11 is 0. The van der Waals surface area contributed by atoms with Crippen LogP contribution < -0.4 is 5.32 Å². The molecule has 1 fully saturated rings. The van der Waals surface area contributed by atoms with Crippen LogP contribution in [0.1, 0.15) is 58.6 Å². The third-order valence-corrected chi connectivity index (χ3v) is 4.79. The maximum absolute atomic E-state index is 3.90. The minimum absolute atomic E-state index is 0.456. The molecular formula is C18H29N. The van der Waals surface area contributed by atoms with E-state index in [0.29, 0.717) is 12.1 Å². The van der Waals surface area contributed by atoms with Gasteiger partial charge in [0.15, 0.2) is 0 Å². The van der Waals surface area contributed by atoms with Crippen molar-refractivity contribution in [2.75, 3.05) is 0 Å². The first kappa shape index (κ1) is 14.6. The second-order valence-electron chi connectivity index (χ2n) is 6.73. The van der Waals surface area contributed by atoms with Crippen LogP contribution in [0.5, 0.6) is 0 Å². The van der Waals surface area contributed by atoms with Crippen LogP contribution in [0.2, 0.25) is 0 Å². The van der Waals surface area contributed by atoms with Crippen molar-refractivity contribution in [3.8, 4) is 0 Å². The van der Waals surface area contributed by atoms with Gasteiger partial charge in [-0.25, -0.2) is 0 Å². The number of hydrogen-bond donors (Lipinski definition) is 1. The Bertz CT molecular complexity index is 371. The van der Waals surface area contributed by atoms with Gasteiger partial charge in [-0.05, 0) is 43.1 Å². The highest BCUT2D eigenvalue weighted by Gasteiger charge is 2.31. The minimum Gasteiger partial charge on any atom is -0.307 e. The Kier molecular flexibility index (Phi) is 5.04. The van der Waals surface area contributed by atoms with Crippen molar-refractivity contribution in [3.05, 3.63) is 35.9 Å². The Hall–Kier alpha value is -0.820. The summed E-state index contributed by atoms with van der Waals surface area (Å²) in [5, 5.41) is 3.90. The van der Waals surface area contributed by atoms with Gasteiger partial charge < -0.3 is 5.32 Å². The zero-order valence-electron chi connectivity index (χ0n) is 12.9. The molecule has 3 unspecified atom stereocenters. The molecule has 19 heavy (non-hydrogen) atoms. The monoisotopic (exact) mass is 259 g/mol. The molecule has 0 heterocycles. The van der Waals surface area contributed by atoms with Crippen LogP contribution in [0.3, 0.4) is 0 Å². The zero-order valence-corrected chi connectivity index (χ0v) is 12.9. The van der Waals surface area contributed by atoms with E-state index in [1.165, 1.54) is 24.8 Å². The average Bonchev–Trinajstić information content (AvgIpc) is 2.39. The molecule has 0 bridgehead atoms. The largest absolute Gasteiger partial charge is 0.307 e. The van der Waals surface area contributed by atoms with Crippen LogP contribution in [-0.4, -0.2) is 6.04 Å². The van der Waals surface area contributed by atoms with E-state index in [4.69, 9.17) is 0 Å². The van der Waals surface area contributed by atoms with Gasteiger partial charge in [-0.2, -0.15) is 0 Å². The lowest BCUT2D eigenvalue weighted by atomic mass is 9.73. The summed E-state index contributed by atoms with van der Waals surface area (Å²) < 4.78 is 0. The van der Waals surface area contributed by atoms with Gasteiger partial charge in [0, 0.05) is 12.1 Å². The van der Waals surface area contributed by atoms with Crippen LogP contribution in [-0.2, 0) is 0 Å². The van der Waals surface area contributed by atoms with Gasteiger partial charge >= 0.3 is 0 Å². The summed E-state index contributed by atoms with van der Waals surface area (Å²) in [6.45, 7) is 9.45. The smallest absolute Gasteiger partial charge is 0.0294 e. The van der Waals surface area contributed by atoms with Gasteiger partial charge in [0.25, 0.3) is 0 Å². The molecule has 4 atom stereocenters. The molecule has 1 aliphatic carbocycles. The first-order valence-electron chi connectivity index (χ1n) is 7.89. The molecule has 2 rings (SSSR count). The van der Waals surface area contributed by atoms with Gasteiger partial charge in [0.05, 0.1) is 0 Å². The average molecular weight is 259 g/mol. The van der Waals surface area contributed by atoms with E-state index in [2.05, 4.69) is 63.3 Å². The lowest BCUT2D eigenvalue weighted by Crippen LogP contribution is -2.43. The van der Waals surface area contributed by atoms with Gasteiger partial charge in [0.2, 0.25) is 0 Å². The Morgan fingerprint density at radius 3 is 2.37 bits per heavy atom. The Labute approximate surface area is 118 Å². The van der Waals surface area contributed by atoms with Crippen LogP contribution in [0.4, 0.5) is 0 Å². The highest BCUT2D eigenvalue weighted by atomic mass is 15.0. The highest BCUT2D eigenvalue weighted by molar-refractivity contribution is 5.18. The van der Waals surface area contributed by atoms with Gasteiger partial charge in [-0.3, -0.25) is 0 Å². The van der Waals surface area contributed by atoms with Crippen molar-refractivity contribution in [3.63, 3.8) is 0 Å². The van der Waals surface area contributed by atoms with E-state index >= 15 is 0 Å². The van der Waals surface area contributed by atoms with Gasteiger partial charge in [0.1, 0.15) is 0 Å². The van der Waals surface area contributed by atoms with Gasteiger partial charge in [-0.15, -0.1) is 0 Å². The fourth-order valence-electron chi connectivity index (χ4n) is 3.55. The molecule has 1 heteroatoms. The molecule has 106 valence electrons. The molecule has 1 aliphatic rings. The summed E-state index contributed by atoms with van der Waals surface area (Å²) in [7, 11) is 0. The van der Waals surface area contributed by atoms with Crippen molar-refractivity contribution >= 4 is 0 Å². The molecule has 0 aromatic heterocycles. The van der Waals surface area contributed by atoms with Crippen molar-refractivity contribution in [1.82, 2.24) is 5.32 Å². The van der Waals surface area contributed by atoms with Crippen LogP contribution in [0, 0.1) is 17.8 Å². The van der Waals surface area contributed by atoms with E-state index in [1.54, 1.807) is 0 Å². The fourth-order valence-corrected chi connectivity index (χ4v) is 3.55. The molecule has 0 amide bonds. The summed E-state index contributed by atoms with van der Waals surface area (Å²) in [6, 6.07) is 12.0. The van der Waals surface area contributed by atoms with E-state index in [0.717, 1.165) is 17.8 Å². The quantitative estimate of drug-likeness (QED) is 0.819. The van der Waals surface area contributed by atoms with Crippen molar-refractivity contribution in [2.24, 2.45) is 17.8 Å². The molecule has 0 spiro atoms. The lowest BCUT2D eigenvalue weighted by molar-refractivity contribution is 0.161. The van der Waals surface area contributed by atoms with Crippen LogP contribution >= 0.6 is 0 Å². The van der Waals surface area contributed by atoms with E-state index < -0.39 is 0 Å². The zero-order chi connectivity index (χ0) is 13.8. The van der Waals surface area contributed by atoms with E-state index in [-0.39, 0.29) is 0 Å². The molecule has 1 aromatic carbocycles. The fraction of sp³-hybridized carbons (Fsp3) is 0.667. The van der Waals surface area contributed by atoms with Crippen molar-refractivity contribution in [1.29, 1.82) is 0 Å². The van der Waals surface area contributed by atoms with Gasteiger partial charge in [-0.1, -0.05) is 57.5 Å². The highest BCUT2D eigenvalue weighted by Crippen LogP contribution is 2.34. The predicted octanol–water partition coefficient (Wildman–Crippen LogP) is 4.80. The maximum Gasteiger partial charge on any atom is 0.0294 e. The molecule has 1 N–H and O–H groups in total. The van der Waals surface area contributed by atoms with Crippen LogP contribution in [0.25, 0.3) is 0 Å². The normalized spacial score (nSPS) is 29.4. The SMILES string of the molecule is CC1CCC(C(C)C)C(N[C@@H](C)c2ccccc2)C1. The topological polar surface area (TPSA) is 12.0 Å². The van der Waals surface area contributed by atoms with Crippen LogP contribution in [0.15, 0.2) is 30.3 Å². The van der Waals surface area contributed by atoms with E-state index in [1.807, 2.05) is 0 Å². The second-order valence-corrected chi connectivity index (χ2v) is 6.73.